The minimum absolute atomic E-state index is 0.108. The van der Waals surface area contributed by atoms with E-state index in [0.29, 0.717) is 5.69 Å². The smallest absolute Gasteiger partial charge is 0.241 e. The molecule has 0 aliphatic heterocycles. The van der Waals surface area contributed by atoms with Crippen molar-refractivity contribution in [3.63, 3.8) is 0 Å². The average molecular weight is 301 g/mol. The summed E-state index contributed by atoms with van der Waals surface area (Å²) in [5.41, 5.74) is 6.45. The number of methoxy groups -OCH3 is 1. The van der Waals surface area contributed by atoms with Gasteiger partial charge in [0, 0.05) is 5.69 Å². The first kappa shape index (κ1) is 14.0. The van der Waals surface area contributed by atoms with Gasteiger partial charge in [0.25, 0.3) is 0 Å². The van der Waals surface area contributed by atoms with Crippen molar-refractivity contribution in [3.05, 3.63) is 22.7 Å². The SMILES string of the molecule is COc1ccc(NC(=O)C(N)C(C)C)cc1Br. The molecule has 1 atom stereocenters. The van der Waals surface area contributed by atoms with Crippen LogP contribution in [0.4, 0.5) is 5.69 Å². The Balaban J connectivity index is 2.76. The molecule has 4 nitrogen and oxygen atoms in total. The molecule has 94 valence electrons. The minimum Gasteiger partial charge on any atom is -0.496 e. The fourth-order valence-corrected chi connectivity index (χ4v) is 1.81. The van der Waals surface area contributed by atoms with Gasteiger partial charge < -0.3 is 15.8 Å². The third kappa shape index (κ3) is 3.71. The summed E-state index contributed by atoms with van der Waals surface area (Å²) >= 11 is 3.36. The van der Waals surface area contributed by atoms with Crippen LogP contribution in [0.5, 0.6) is 5.75 Å². The van der Waals surface area contributed by atoms with E-state index in [4.69, 9.17) is 10.5 Å². The van der Waals surface area contributed by atoms with Gasteiger partial charge in [0.1, 0.15) is 5.75 Å². The van der Waals surface area contributed by atoms with E-state index >= 15 is 0 Å². The predicted molar refractivity (Wildman–Crippen MR) is 72.1 cm³/mol. The van der Waals surface area contributed by atoms with Gasteiger partial charge in [-0.05, 0) is 40.0 Å². The molecule has 0 aliphatic carbocycles. The minimum atomic E-state index is -0.504. The Morgan fingerprint density at radius 2 is 2.12 bits per heavy atom. The summed E-state index contributed by atoms with van der Waals surface area (Å²) in [4.78, 5) is 11.7. The molecule has 17 heavy (non-hydrogen) atoms. The van der Waals surface area contributed by atoms with Crippen LogP contribution in [0, 0.1) is 5.92 Å². The van der Waals surface area contributed by atoms with Crippen molar-refractivity contribution in [1.29, 1.82) is 0 Å². The lowest BCUT2D eigenvalue weighted by atomic mass is 10.1. The summed E-state index contributed by atoms with van der Waals surface area (Å²) in [6, 6.07) is 4.83. The van der Waals surface area contributed by atoms with Gasteiger partial charge in [-0.25, -0.2) is 0 Å². The molecular formula is C12H17BrN2O2. The van der Waals surface area contributed by atoms with Crippen molar-refractivity contribution < 1.29 is 9.53 Å². The highest BCUT2D eigenvalue weighted by atomic mass is 79.9. The molecular weight excluding hydrogens is 284 g/mol. The molecule has 1 rings (SSSR count). The Bertz CT molecular complexity index is 407. The van der Waals surface area contributed by atoms with E-state index < -0.39 is 6.04 Å². The molecule has 0 bridgehead atoms. The van der Waals surface area contributed by atoms with Crippen LogP contribution in [0.25, 0.3) is 0 Å². The van der Waals surface area contributed by atoms with E-state index in [2.05, 4.69) is 21.2 Å². The highest BCUT2D eigenvalue weighted by Crippen LogP contribution is 2.27. The highest BCUT2D eigenvalue weighted by molar-refractivity contribution is 9.10. The van der Waals surface area contributed by atoms with Gasteiger partial charge in [0.05, 0.1) is 17.6 Å². The van der Waals surface area contributed by atoms with E-state index in [1.54, 1.807) is 25.3 Å². The van der Waals surface area contributed by atoms with Crippen LogP contribution < -0.4 is 15.8 Å². The number of carbonyl (C=O) groups excluding carboxylic acids is 1. The van der Waals surface area contributed by atoms with Crippen molar-refractivity contribution >= 4 is 27.5 Å². The van der Waals surface area contributed by atoms with Crippen LogP contribution in [-0.4, -0.2) is 19.1 Å². The van der Waals surface area contributed by atoms with Gasteiger partial charge in [-0.2, -0.15) is 0 Å². The second kappa shape index (κ2) is 6.02. The Morgan fingerprint density at radius 3 is 2.59 bits per heavy atom. The zero-order valence-electron chi connectivity index (χ0n) is 10.2. The Labute approximate surface area is 110 Å². The number of ether oxygens (including phenoxy) is 1. The number of hydrogen-bond donors (Lipinski definition) is 2. The van der Waals surface area contributed by atoms with Gasteiger partial charge in [0.15, 0.2) is 0 Å². The summed E-state index contributed by atoms with van der Waals surface area (Å²) in [7, 11) is 1.59. The van der Waals surface area contributed by atoms with Crippen molar-refractivity contribution in [3.8, 4) is 5.75 Å². The van der Waals surface area contributed by atoms with E-state index in [0.717, 1.165) is 10.2 Å². The summed E-state index contributed by atoms with van der Waals surface area (Å²) in [5, 5.41) is 2.77. The second-order valence-corrected chi connectivity index (χ2v) is 4.96. The second-order valence-electron chi connectivity index (χ2n) is 4.11. The molecule has 3 N–H and O–H groups in total. The van der Waals surface area contributed by atoms with Gasteiger partial charge in [-0.1, -0.05) is 13.8 Å². The molecule has 0 saturated carbocycles. The lowest BCUT2D eigenvalue weighted by Crippen LogP contribution is -2.39. The zero-order valence-corrected chi connectivity index (χ0v) is 11.7. The molecule has 0 saturated heterocycles. The van der Waals surface area contributed by atoms with Gasteiger partial charge in [0.2, 0.25) is 5.91 Å². The van der Waals surface area contributed by atoms with Crippen molar-refractivity contribution in [2.75, 3.05) is 12.4 Å². The Kier molecular flexibility index (Phi) is 4.96. The normalized spacial score (nSPS) is 12.4. The maximum atomic E-state index is 11.7. The number of nitrogens with two attached hydrogens (primary N) is 1. The molecule has 1 unspecified atom stereocenters. The quantitative estimate of drug-likeness (QED) is 0.897. The topological polar surface area (TPSA) is 64.3 Å². The number of amides is 1. The van der Waals surface area contributed by atoms with Crippen LogP contribution in [0.15, 0.2) is 22.7 Å². The summed E-state index contributed by atoms with van der Waals surface area (Å²) in [6.07, 6.45) is 0. The maximum Gasteiger partial charge on any atom is 0.241 e. The third-order valence-corrected chi connectivity index (χ3v) is 3.06. The Hall–Kier alpha value is -1.07. The Morgan fingerprint density at radius 1 is 1.47 bits per heavy atom. The van der Waals surface area contributed by atoms with Gasteiger partial charge >= 0.3 is 0 Å². The third-order valence-electron chi connectivity index (χ3n) is 2.44. The number of halogens is 1. The molecule has 0 aromatic heterocycles. The fourth-order valence-electron chi connectivity index (χ4n) is 1.27. The molecule has 0 aliphatic rings. The first-order valence-electron chi connectivity index (χ1n) is 5.35. The maximum absolute atomic E-state index is 11.7. The molecule has 0 spiro atoms. The lowest BCUT2D eigenvalue weighted by Gasteiger charge is -2.15. The molecule has 1 aromatic rings. The average Bonchev–Trinajstić information content (AvgIpc) is 2.28. The van der Waals surface area contributed by atoms with Crippen molar-refractivity contribution in [2.24, 2.45) is 11.7 Å². The predicted octanol–water partition coefficient (Wildman–Crippen LogP) is 2.38. The number of nitrogens with one attached hydrogen (secondary N) is 1. The van der Waals surface area contributed by atoms with E-state index in [1.165, 1.54) is 0 Å². The first-order chi connectivity index (χ1) is 7.95. The molecule has 0 radical (unpaired) electrons. The van der Waals surface area contributed by atoms with Crippen molar-refractivity contribution in [1.82, 2.24) is 0 Å². The highest BCUT2D eigenvalue weighted by Gasteiger charge is 2.17. The largest absolute Gasteiger partial charge is 0.496 e. The van der Waals surface area contributed by atoms with E-state index in [9.17, 15) is 4.79 Å². The molecule has 0 heterocycles. The van der Waals surface area contributed by atoms with Crippen LogP contribution in [0.3, 0.4) is 0 Å². The number of carbonyl (C=O) groups is 1. The first-order valence-corrected chi connectivity index (χ1v) is 6.15. The summed E-state index contributed by atoms with van der Waals surface area (Å²) < 4.78 is 5.89. The zero-order chi connectivity index (χ0) is 13.0. The van der Waals surface area contributed by atoms with Gasteiger partial charge in [-0.15, -0.1) is 0 Å². The molecule has 1 amide bonds. The summed E-state index contributed by atoms with van der Waals surface area (Å²) in [5.74, 6) is 0.643. The van der Waals surface area contributed by atoms with E-state index in [1.807, 2.05) is 13.8 Å². The molecule has 1 aromatic carbocycles. The molecule has 5 heteroatoms. The standard InChI is InChI=1S/C12H17BrN2O2/c1-7(2)11(14)12(16)15-8-4-5-10(17-3)9(13)6-8/h4-7,11H,14H2,1-3H3,(H,15,16). The monoisotopic (exact) mass is 300 g/mol. The number of rotatable bonds is 4. The van der Waals surface area contributed by atoms with Crippen LogP contribution in [0.1, 0.15) is 13.8 Å². The lowest BCUT2D eigenvalue weighted by molar-refractivity contribution is -0.118. The van der Waals surface area contributed by atoms with Crippen LogP contribution in [-0.2, 0) is 4.79 Å². The van der Waals surface area contributed by atoms with Crippen LogP contribution >= 0.6 is 15.9 Å². The number of hydrogen-bond acceptors (Lipinski definition) is 3. The van der Waals surface area contributed by atoms with E-state index in [-0.39, 0.29) is 11.8 Å². The van der Waals surface area contributed by atoms with Crippen molar-refractivity contribution in [2.45, 2.75) is 19.9 Å². The van der Waals surface area contributed by atoms with Crippen LogP contribution in [0.2, 0.25) is 0 Å². The fraction of sp³-hybridized carbons (Fsp3) is 0.417. The summed E-state index contributed by atoms with van der Waals surface area (Å²) in [6.45, 7) is 3.82. The number of anilines is 1. The molecule has 0 fully saturated rings. The van der Waals surface area contributed by atoms with Gasteiger partial charge in [-0.3, -0.25) is 4.79 Å². The number of benzene rings is 1.